The third-order valence-electron chi connectivity index (χ3n) is 4.49. The van der Waals surface area contributed by atoms with Gasteiger partial charge < -0.3 is 9.84 Å². The second kappa shape index (κ2) is 3.59. The van der Waals surface area contributed by atoms with Crippen molar-refractivity contribution < 1.29 is 14.6 Å². The van der Waals surface area contributed by atoms with E-state index in [1.807, 2.05) is 0 Å². The predicted octanol–water partition coefficient (Wildman–Crippen LogP) is 2.37. The molecule has 0 aromatic heterocycles. The van der Waals surface area contributed by atoms with Gasteiger partial charge in [-0.2, -0.15) is 0 Å². The highest BCUT2D eigenvalue weighted by molar-refractivity contribution is 5.80. The molecule has 88 valence electrons. The fourth-order valence-electron chi connectivity index (χ4n) is 3.61. The second-order valence-corrected chi connectivity index (χ2v) is 5.42. The van der Waals surface area contributed by atoms with Crippen molar-refractivity contribution in [3.63, 3.8) is 0 Å². The summed E-state index contributed by atoms with van der Waals surface area (Å²) >= 11 is 0. The van der Waals surface area contributed by atoms with Crippen LogP contribution in [0.1, 0.15) is 38.5 Å². The van der Waals surface area contributed by atoms with Crippen LogP contribution in [0.25, 0.3) is 0 Å². The first-order chi connectivity index (χ1) is 7.71. The minimum Gasteiger partial charge on any atom is -0.481 e. The lowest BCUT2D eigenvalue weighted by Crippen LogP contribution is -2.30. The summed E-state index contributed by atoms with van der Waals surface area (Å²) < 4.78 is 5.61. The monoisotopic (exact) mass is 222 g/mol. The first kappa shape index (κ1) is 10.3. The average Bonchev–Trinajstić information content (AvgIpc) is 2.91. The number of hydrogen-bond acceptors (Lipinski definition) is 2. The number of carboxylic acid groups (broad SMARTS) is 1. The Morgan fingerprint density at radius 2 is 2.44 bits per heavy atom. The second-order valence-electron chi connectivity index (χ2n) is 5.42. The van der Waals surface area contributed by atoms with Crippen molar-refractivity contribution in [1.82, 2.24) is 0 Å². The summed E-state index contributed by atoms with van der Waals surface area (Å²) in [5, 5.41) is 9.45. The molecule has 3 nitrogen and oxygen atoms in total. The lowest BCUT2D eigenvalue weighted by Gasteiger charge is -2.27. The topological polar surface area (TPSA) is 46.5 Å². The van der Waals surface area contributed by atoms with E-state index in [0.717, 1.165) is 50.7 Å². The van der Waals surface area contributed by atoms with Crippen molar-refractivity contribution in [1.29, 1.82) is 0 Å². The Morgan fingerprint density at radius 3 is 3.06 bits per heavy atom. The van der Waals surface area contributed by atoms with Crippen molar-refractivity contribution in [2.45, 2.75) is 44.6 Å². The lowest BCUT2D eigenvalue weighted by atomic mass is 9.78. The summed E-state index contributed by atoms with van der Waals surface area (Å²) in [6.45, 7) is 0.849. The van der Waals surface area contributed by atoms with E-state index in [4.69, 9.17) is 4.74 Å². The number of ether oxygens (including phenoxy) is 1. The van der Waals surface area contributed by atoms with E-state index in [1.165, 1.54) is 0 Å². The Balaban J connectivity index is 1.78. The van der Waals surface area contributed by atoms with Crippen LogP contribution in [0.3, 0.4) is 0 Å². The normalized spacial score (nSPS) is 41.4. The standard InChI is InChI=1S/C13H18O3/c14-12(15)13-4-3-9(8-13)6-10(13)7-11-2-1-5-16-11/h6,9,11H,1-5,7-8H2,(H,14,15). The minimum atomic E-state index is -0.614. The van der Waals surface area contributed by atoms with Gasteiger partial charge in [-0.3, -0.25) is 4.79 Å². The molecule has 16 heavy (non-hydrogen) atoms. The summed E-state index contributed by atoms with van der Waals surface area (Å²) in [6.07, 6.45) is 8.31. The van der Waals surface area contributed by atoms with E-state index in [1.54, 1.807) is 0 Å². The third kappa shape index (κ3) is 1.41. The molecule has 1 N–H and O–H groups in total. The number of allylic oxidation sites excluding steroid dienone is 1. The molecule has 0 radical (unpaired) electrons. The van der Waals surface area contributed by atoms with Gasteiger partial charge in [0.1, 0.15) is 0 Å². The summed E-state index contributed by atoms with van der Waals surface area (Å²) in [5.41, 5.74) is 0.638. The highest BCUT2D eigenvalue weighted by Gasteiger charge is 2.52. The molecule has 2 aliphatic carbocycles. The van der Waals surface area contributed by atoms with Crippen molar-refractivity contribution in [3.8, 4) is 0 Å². The van der Waals surface area contributed by atoms with Gasteiger partial charge in [-0.15, -0.1) is 0 Å². The highest BCUT2D eigenvalue weighted by atomic mass is 16.5. The fourth-order valence-corrected chi connectivity index (χ4v) is 3.61. The number of rotatable bonds is 3. The Labute approximate surface area is 95.5 Å². The number of aliphatic carboxylic acids is 1. The van der Waals surface area contributed by atoms with Crippen LogP contribution in [0, 0.1) is 11.3 Å². The van der Waals surface area contributed by atoms with Crippen LogP contribution in [-0.4, -0.2) is 23.8 Å². The van der Waals surface area contributed by atoms with Gasteiger partial charge in [-0.25, -0.2) is 0 Å². The number of carboxylic acids is 1. The quantitative estimate of drug-likeness (QED) is 0.746. The van der Waals surface area contributed by atoms with Gasteiger partial charge in [-0.05, 0) is 44.4 Å². The van der Waals surface area contributed by atoms with Crippen LogP contribution in [0.15, 0.2) is 11.6 Å². The van der Waals surface area contributed by atoms with Gasteiger partial charge >= 0.3 is 5.97 Å². The number of carbonyl (C=O) groups is 1. The zero-order chi connectivity index (χ0) is 11.2. The first-order valence-electron chi connectivity index (χ1n) is 6.27. The molecule has 0 spiro atoms. The molecular weight excluding hydrogens is 204 g/mol. The smallest absolute Gasteiger partial charge is 0.313 e. The Hall–Kier alpha value is -0.830. The molecule has 0 amide bonds. The molecule has 3 rings (SSSR count). The molecule has 0 aromatic carbocycles. The van der Waals surface area contributed by atoms with Gasteiger partial charge in [0, 0.05) is 6.61 Å². The van der Waals surface area contributed by atoms with E-state index < -0.39 is 11.4 Å². The van der Waals surface area contributed by atoms with Crippen LogP contribution < -0.4 is 0 Å². The van der Waals surface area contributed by atoms with Gasteiger partial charge in [-0.1, -0.05) is 11.6 Å². The fraction of sp³-hybridized carbons (Fsp3) is 0.769. The summed E-state index contributed by atoms with van der Waals surface area (Å²) in [4.78, 5) is 11.5. The van der Waals surface area contributed by atoms with Crippen LogP contribution in [0.5, 0.6) is 0 Å². The number of hydrogen-bond donors (Lipinski definition) is 1. The molecule has 1 saturated carbocycles. The molecule has 2 fully saturated rings. The average molecular weight is 222 g/mol. The van der Waals surface area contributed by atoms with Gasteiger partial charge in [0.2, 0.25) is 0 Å². The highest BCUT2D eigenvalue weighted by Crippen LogP contribution is 2.55. The van der Waals surface area contributed by atoms with Crippen LogP contribution in [0.2, 0.25) is 0 Å². The summed E-state index contributed by atoms with van der Waals surface area (Å²) in [7, 11) is 0. The molecule has 3 aliphatic rings. The SMILES string of the molecule is O=C(O)C12CCC(C=C1CC1CCCO1)C2. The first-order valence-corrected chi connectivity index (χ1v) is 6.27. The maximum absolute atomic E-state index is 11.5. The van der Waals surface area contributed by atoms with Crippen LogP contribution in [0.4, 0.5) is 0 Å². The van der Waals surface area contributed by atoms with E-state index in [9.17, 15) is 9.90 Å². The zero-order valence-corrected chi connectivity index (χ0v) is 9.45. The Bertz CT molecular complexity index is 341. The van der Waals surface area contributed by atoms with E-state index in [0.29, 0.717) is 5.92 Å². The Morgan fingerprint density at radius 1 is 1.56 bits per heavy atom. The number of fused-ring (bicyclic) bond motifs is 2. The van der Waals surface area contributed by atoms with E-state index >= 15 is 0 Å². The zero-order valence-electron chi connectivity index (χ0n) is 9.45. The minimum absolute atomic E-state index is 0.279. The van der Waals surface area contributed by atoms with Crippen molar-refractivity contribution in [3.05, 3.63) is 11.6 Å². The predicted molar refractivity (Wildman–Crippen MR) is 59.1 cm³/mol. The molecule has 1 heterocycles. The van der Waals surface area contributed by atoms with Crippen molar-refractivity contribution >= 4 is 5.97 Å². The van der Waals surface area contributed by atoms with Crippen molar-refractivity contribution in [2.24, 2.45) is 11.3 Å². The molecular formula is C13H18O3. The molecule has 1 saturated heterocycles. The van der Waals surface area contributed by atoms with E-state index in [2.05, 4.69) is 6.08 Å². The van der Waals surface area contributed by atoms with Gasteiger partial charge in [0.15, 0.2) is 0 Å². The molecule has 3 heteroatoms. The molecule has 0 aromatic rings. The molecule has 1 aliphatic heterocycles. The van der Waals surface area contributed by atoms with Crippen LogP contribution in [-0.2, 0) is 9.53 Å². The maximum atomic E-state index is 11.5. The Kier molecular flexibility index (Phi) is 2.32. The van der Waals surface area contributed by atoms with Crippen molar-refractivity contribution in [2.75, 3.05) is 6.61 Å². The molecule has 3 atom stereocenters. The molecule has 2 bridgehead atoms. The van der Waals surface area contributed by atoms with Crippen LogP contribution >= 0.6 is 0 Å². The lowest BCUT2D eigenvalue weighted by molar-refractivity contribution is -0.146. The molecule has 3 unspecified atom stereocenters. The maximum Gasteiger partial charge on any atom is 0.313 e. The summed E-state index contributed by atoms with van der Waals surface area (Å²) in [6, 6.07) is 0. The van der Waals surface area contributed by atoms with Gasteiger partial charge in [0.25, 0.3) is 0 Å². The summed E-state index contributed by atoms with van der Waals surface area (Å²) in [5.74, 6) is -0.0933. The largest absolute Gasteiger partial charge is 0.481 e. The van der Waals surface area contributed by atoms with Gasteiger partial charge in [0.05, 0.1) is 11.5 Å². The van der Waals surface area contributed by atoms with E-state index in [-0.39, 0.29) is 6.10 Å². The third-order valence-corrected chi connectivity index (χ3v) is 4.49.